The van der Waals surface area contributed by atoms with Crippen LogP contribution in [0.4, 0.5) is 9.52 Å². The van der Waals surface area contributed by atoms with Crippen molar-refractivity contribution in [2.24, 2.45) is 0 Å². The van der Waals surface area contributed by atoms with Crippen molar-refractivity contribution in [3.63, 3.8) is 0 Å². The molecule has 1 aliphatic rings. The molecule has 1 saturated heterocycles. The number of nitrogens with zero attached hydrogens (tertiary/aromatic N) is 3. The Bertz CT molecular complexity index is 625. The highest BCUT2D eigenvalue weighted by molar-refractivity contribution is 7.22. The van der Waals surface area contributed by atoms with E-state index in [1.54, 1.807) is 13.0 Å². The third-order valence-corrected chi connectivity index (χ3v) is 4.44. The van der Waals surface area contributed by atoms with Crippen LogP contribution in [-0.4, -0.2) is 42.0 Å². The summed E-state index contributed by atoms with van der Waals surface area (Å²) in [6.45, 7) is 4.49. The van der Waals surface area contributed by atoms with Crippen LogP contribution in [0.1, 0.15) is 6.92 Å². The Morgan fingerprint density at radius 3 is 2.60 bits per heavy atom. The standard InChI is InChI=1S/C13H14FN3OS.ClH/c1-9(18)16-5-7-17(8-6-16)13-15-12-10(14)3-2-4-11(12)19-13;/h2-4H,5-8H2,1H3;1H. The van der Waals surface area contributed by atoms with E-state index < -0.39 is 0 Å². The first kappa shape index (κ1) is 15.0. The van der Waals surface area contributed by atoms with Gasteiger partial charge in [-0.3, -0.25) is 4.79 Å². The fourth-order valence-corrected chi connectivity index (χ4v) is 3.28. The second kappa shape index (κ2) is 5.93. The third-order valence-electron chi connectivity index (χ3n) is 3.35. The van der Waals surface area contributed by atoms with Gasteiger partial charge in [0.25, 0.3) is 0 Å². The van der Waals surface area contributed by atoms with Crippen molar-refractivity contribution in [3.05, 3.63) is 24.0 Å². The Morgan fingerprint density at radius 2 is 2.00 bits per heavy atom. The number of hydrogen-bond donors (Lipinski definition) is 0. The molecule has 1 aromatic carbocycles. The van der Waals surface area contributed by atoms with Crippen LogP contribution in [0.25, 0.3) is 10.2 Å². The zero-order chi connectivity index (χ0) is 13.4. The van der Waals surface area contributed by atoms with Crippen molar-refractivity contribution >= 4 is 45.0 Å². The summed E-state index contributed by atoms with van der Waals surface area (Å²) in [4.78, 5) is 19.6. The van der Waals surface area contributed by atoms with Gasteiger partial charge in [0.1, 0.15) is 11.3 Å². The Kier molecular flexibility index (Phi) is 4.45. The van der Waals surface area contributed by atoms with E-state index in [1.807, 2.05) is 11.0 Å². The smallest absolute Gasteiger partial charge is 0.219 e. The van der Waals surface area contributed by atoms with E-state index in [0.29, 0.717) is 18.6 Å². The van der Waals surface area contributed by atoms with E-state index in [9.17, 15) is 9.18 Å². The summed E-state index contributed by atoms with van der Waals surface area (Å²) in [6, 6.07) is 5.01. The highest BCUT2D eigenvalue weighted by Gasteiger charge is 2.21. The molecule has 1 amide bonds. The number of carbonyl (C=O) groups excluding carboxylic acids is 1. The summed E-state index contributed by atoms with van der Waals surface area (Å²) < 4.78 is 14.5. The summed E-state index contributed by atoms with van der Waals surface area (Å²) >= 11 is 1.50. The molecule has 1 fully saturated rings. The van der Waals surface area contributed by atoms with E-state index in [-0.39, 0.29) is 24.1 Å². The fraction of sp³-hybridized carbons (Fsp3) is 0.385. The minimum atomic E-state index is -0.276. The minimum absolute atomic E-state index is 0. The number of para-hydroxylation sites is 1. The highest BCUT2D eigenvalue weighted by Crippen LogP contribution is 2.30. The molecular weight excluding hydrogens is 301 g/mol. The maximum atomic E-state index is 13.6. The Morgan fingerprint density at radius 1 is 1.30 bits per heavy atom. The number of amides is 1. The number of rotatable bonds is 1. The second-order valence-corrected chi connectivity index (χ2v) is 5.59. The molecule has 1 aliphatic heterocycles. The molecule has 0 aliphatic carbocycles. The van der Waals surface area contributed by atoms with Gasteiger partial charge >= 0.3 is 0 Å². The monoisotopic (exact) mass is 315 g/mol. The zero-order valence-electron chi connectivity index (χ0n) is 11.0. The molecule has 108 valence electrons. The van der Waals surface area contributed by atoms with Crippen molar-refractivity contribution < 1.29 is 9.18 Å². The van der Waals surface area contributed by atoms with Crippen LogP contribution in [0, 0.1) is 5.82 Å². The molecule has 0 atom stereocenters. The fourth-order valence-electron chi connectivity index (χ4n) is 2.25. The van der Waals surface area contributed by atoms with Gasteiger partial charge in [-0.05, 0) is 12.1 Å². The number of fused-ring (bicyclic) bond motifs is 1. The van der Waals surface area contributed by atoms with Crippen molar-refractivity contribution in [2.45, 2.75) is 6.92 Å². The van der Waals surface area contributed by atoms with Crippen molar-refractivity contribution in [1.29, 1.82) is 0 Å². The van der Waals surface area contributed by atoms with Crippen LogP contribution >= 0.6 is 23.7 Å². The lowest BCUT2D eigenvalue weighted by Gasteiger charge is -2.33. The van der Waals surface area contributed by atoms with Gasteiger partial charge in [0, 0.05) is 33.1 Å². The maximum absolute atomic E-state index is 13.6. The normalized spacial score (nSPS) is 15.3. The average Bonchev–Trinajstić information content (AvgIpc) is 2.84. The van der Waals surface area contributed by atoms with Gasteiger partial charge in [-0.1, -0.05) is 17.4 Å². The molecule has 0 radical (unpaired) electrons. The first-order valence-corrected chi connectivity index (χ1v) is 7.02. The number of halogens is 2. The van der Waals surface area contributed by atoms with E-state index in [2.05, 4.69) is 9.88 Å². The van der Waals surface area contributed by atoms with Crippen molar-refractivity contribution in [2.75, 3.05) is 31.1 Å². The highest BCUT2D eigenvalue weighted by atomic mass is 35.5. The molecule has 1 aromatic heterocycles. The molecule has 0 N–H and O–H groups in total. The molecule has 20 heavy (non-hydrogen) atoms. The van der Waals surface area contributed by atoms with Gasteiger partial charge in [-0.2, -0.15) is 0 Å². The van der Waals surface area contributed by atoms with Crippen LogP contribution in [0.15, 0.2) is 18.2 Å². The molecule has 2 heterocycles. The zero-order valence-corrected chi connectivity index (χ0v) is 12.6. The van der Waals surface area contributed by atoms with E-state index in [1.165, 1.54) is 17.4 Å². The van der Waals surface area contributed by atoms with E-state index in [0.717, 1.165) is 22.9 Å². The molecule has 0 bridgehead atoms. The van der Waals surface area contributed by atoms with Crippen LogP contribution in [0.3, 0.4) is 0 Å². The summed E-state index contributed by atoms with van der Waals surface area (Å²) in [7, 11) is 0. The molecule has 0 saturated carbocycles. The number of thiazole rings is 1. The number of piperazine rings is 1. The Labute approximate surface area is 126 Å². The van der Waals surface area contributed by atoms with Gasteiger partial charge in [0.15, 0.2) is 5.13 Å². The lowest BCUT2D eigenvalue weighted by molar-refractivity contribution is -0.129. The SMILES string of the molecule is CC(=O)N1CCN(c2nc3c(F)cccc3s2)CC1.Cl. The predicted molar refractivity (Wildman–Crippen MR) is 81.3 cm³/mol. The Hall–Kier alpha value is -1.40. The van der Waals surface area contributed by atoms with Crippen molar-refractivity contribution in [3.8, 4) is 0 Å². The Balaban J connectivity index is 0.00000147. The second-order valence-electron chi connectivity index (χ2n) is 4.58. The van der Waals surface area contributed by atoms with Gasteiger partial charge in [0.2, 0.25) is 5.91 Å². The summed E-state index contributed by atoms with van der Waals surface area (Å²) in [6.07, 6.45) is 0. The summed E-state index contributed by atoms with van der Waals surface area (Å²) in [5.74, 6) is -0.169. The summed E-state index contributed by atoms with van der Waals surface area (Å²) in [5.41, 5.74) is 0.441. The van der Waals surface area contributed by atoms with Gasteiger partial charge < -0.3 is 9.80 Å². The summed E-state index contributed by atoms with van der Waals surface area (Å²) in [5, 5.41) is 0.836. The lowest BCUT2D eigenvalue weighted by atomic mass is 10.3. The number of anilines is 1. The number of aromatic nitrogens is 1. The van der Waals surface area contributed by atoms with Crippen LogP contribution < -0.4 is 4.90 Å². The predicted octanol–water partition coefficient (Wildman–Crippen LogP) is 2.53. The molecule has 4 nitrogen and oxygen atoms in total. The van der Waals surface area contributed by atoms with E-state index >= 15 is 0 Å². The molecule has 7 heteroatoms. The first-order chi connectivity index (χ1) is 9.15. The minimum Gasteiger partial charge on any atom is -0.345 e. The van der Waals surface area contributed by atoms with Crippen molar-refractivity contribution in [1.82, 2.24) is 9.88 Å². The number of carbonyl (C=O) groups is 1. The molecule has 0 unspecified atom stereocenters. The molecule has 2 aromatic rings. The third kappa shape index (κ3) is 2.71. The van der Waals surface area contributed by atoms with Gasteiger partial charge in [-0.15, -0.1) is 12.4 Å². The quantitative estimate of drug-likeness (QED) is 0.811. The number of benzene rings is 1. The van der Waals surface area contributed by atoms with E-state index in [4.69, 9.17) is 0 Å². The maximum Gasteiger partial charge on any atom is 0.219 e. The van der Waals surface area contributed by atoms with Gasteiger partial charge in [0.05, 0.1) is 4.70 Å². The first-order valence-electron chi connectivity index (χ1n) is 6.20. The number of hydrogen-bond acceptors (Lipinski definition) is 4. The topological polar surface area (TPSA) is 36.4 Å². The van der Waals surface area contributed by atoms with Crippen LogP contribution in [-0.2, 0) is 4.79 Å². The average molecular weight is 316 g/mol. The van der Waals surface area contributed by atoms with Gasteiger partial charge in [-0.25, -0.2) is 9.37 Å². The lowest BCUT2D eigenvalue weighted by Crippen LogP contribution is -2.48. The molecular formula is C13H15ClFN3OS. The molecule has 3 rings (SSSR count). The molecule has 0 spiro atoms. The van der Waals surface area contributed by atoms with Crippen LogP contribution in [0.2, 0.25) is 0 Å². The van der Waals surface area contributed by atoms with Crippen LogP contribution in [0.5, 0.6) is 0 Å². The largest absolute Gasteiger partial charge is 0.345 e.